The van der Waals surface area contributed by atoms with Crippen LogP contribution in [0, 0.1) is 0 Å². The zero-order valence-corrected chi connectivity index (χ0v) is 12.2. The highest BCUT2D eigenvalue weighted by Crippen LogP contribution is 2.35. The lowest BCUT2D eigenvalue weighted by Crippen LogP contribution is -2.31. The van der Waals surface area contributed by atoms with Crippen molar-refractivity contribution in [3.63, 3.8) is 0 Å². The second-order valence-electron chi connectivity index (χ2n) is 4.98. The van der Waals surface area contributed by atoms with Gasteiger partial charge in [0.05, 0.1) is 17.5 Å². The van der Waals surface area contributed by atoms with E-state index in [0.29, 0.717) is 6.04 Å². The van der Waals surface area contributed by atoms with E-state index in [1.54, 1.807) is 0 Å². The summed E-state index contributed by atoms with van der Waals surface area (Å²) in [5, 5.41) is 0. The van der Waals surface area contributed by atoms with Crippen molar-refractivity contribution in [3.8, 4) is 5.75 Å². The molecule has 0 bridgehead atoms. The second-order valence-corrected chi connectivity index (χ2v) is 6.13. The lowest BCUT2D eigenvalue weighted by Gasteiger charge is -2.28. The first-order chi connectivity index (χ1) is 8.59. The van der Waals surface area contributed by atoms with Gasteiger partial charge in [0.15, 0.2) is 0 Å². The van der Waals surface area contributed by atoms with E-state index >= 15 is 0 Å². The first-order valence-corrected chi connectivity index (χ1v) is 7.60. The predicted molar refractivity (Wildman–Crippen MR) is 80.8 cm³/mol. The molecule has 1 unspecified atom stereocenters. The molecule has 0 radical (unpaired) electrons. The van der Waals surface area contributed by atoms with E-state index in [4.69, 9.17) is 10.5 Å². The summed E-state index contributed by atoms with van der Waals surface area (Å²) in [4.78, 5) is 2.29. The molecule has 0 amide bonds. The number of benzene rings is 1. The van der Waals surface area contributed by atoms with Crippen molar-refractivity contribution < 1.29 is 4.74 Å². The van der Waals surface area contributed by atoms with Crippen LogP contribution in [0.2, 0.25) is 0 Å². The van der Waals surface area contributed by atoms with Crippen LogP contribution in [0.25, 0.3) is 0 Å². The normalized spacial score (nSPS) is 19.2. The number of anilines is 2. The van der Waals surface area contributed by atoms with Crippen LogP contribution < -0.4 is 15.4 Å². The highest BCUT2D eigenvalue weighted by molar-refractivity contribution is 7.99. The molecule has 1 aliphatic rings. The third-order valence-electron chi connectivity index (χ3n) is 3.24. The molecule has 0 spiro atoms. The van der Waals surface area contributed by atoms with Crippen molar-refractivity contribution in [3.05, 3.63) is 18.2 Å². The van der Waals surface area contributed by atoms with E-state index in [9.17, 15) is 0 Å². The van der Waals surface area contributed by atoms with Crippen molar-refractivity contribution in [2.24, 2.45) is 0 Å². The van der Waals surface area contributed by atoms with Gasteiger partial charge in [-0.1, -0.05) is 6.07 Å². The average molecular weight is 266 g/mol. The second kappa shape index (κ2) is 5.74. The van der Waals surface area contributed by atoms with E-state index in [0.717, 1.165) is 17.1 Å². The lowest BCUT2D eigenvalue weighted by molar-refractivity contribution is 0.244. The van der Waals surface area contributed by atoms with Crippen molar-refractivity contribution in [1.82, 2.24) is 0 Å². The Bertz CT molecular complexity index is 403. The van der Waals surface area contributed by atoms with Crippen molar-refractivity contribution in [1.29, 1.82) is 0 Å². The maximum Gasteiger partial charge on any atom is 0.144 e. The van der Waals surface area contributed by atoms with Crippen LogP contribution in [0.4, 0.5) is 11.4 Å². The van der Waals surface area contributed by atoms with Crippen LogP contribution in [0.15, 0.2) is 18.2 Å². The van der Waals surface area contributed by atoms with E-state index in [1.807, 2.05) is 37.7 Å². The number of rotatable bonds is 4. The van der Waals surface area contributed by atoms with Gasteiger partial charge in [0.25, 0.3) is 0 Å². The first-order valence-electron chi connectivity index (χ1n) is 6.45. The van der Waals surface area contributed by atoms with Crippen molar-refractivity contribution in [2.45, 2.75) is 32.4 Å². The first kappa shape index (κ1) is 13.4. The van der Waals surface area contributed by atoms with Crippen LogP contribution in [0.1, 0.15) is 20.3 Å². The molecule has 1 saturated heterocycles. The monoisotopic (exact) mass is 266 g/mol. The molecule has 0 aromatic heterocycles. The number of hydrogen-bond donors (Lipinski definition) is 1. The van der Waals surface area contributed by atoms with E-state index in [-0.39, 0.29) is 6.10 Å². The fourth-order valence-corrected chi connectivity index (χ4v) is 3.49. The molecular formula is C14H22N2OS. The Morgan fingerprint density at radius 2 is 2.22 bits per heavy atom. The van der Waals surface area contributed by atoms with Gasteiger partial charge in [0.2, 0.25) is 0 Å². The van der Waals surface area contributed by atoms with Crippen molar-refractivity contribution >= 4 is 23.1 Å². The SMILES string of the molecule is CC(C)Oc1cccc(N(C)C2CCSC2)c1N. The van der Waals surface area contributed by atoms with E-state index < -0.39 is 0 Å². The molecule has 4 heteroatoms. The molecule has 1 aromatic rings. The number of thioether (sulfide) groups is 1. The van der Waals surface area contributed by atoms with Gasteiger partial charge in [-0.05, 0) is 38.2 Å². The molecule has 0 saturated carbocycles. The Kier molecular flexibility index (Phi) is 4.27. The number of ether oxygens (including phenoxy) is 1. The van der Waals surface area contributed by atoms with Gasteiger partial charge in [-0.25, -0.2) is 0 Å². The molecule has 100 valence electrons. The van der Waals surface area contributed by atoms with E-state index in [1.165, 1.54) is 17.9 Å². The van der Waals surface area contributed by atoms with Crippen LogP contribution >= 0.6 is 11.8 Å². The van der Waals surface area contributed by atoms with Crippen LogP contribution in [0.5, 0.6) is 5.75 Å². The minimum Gasteiger partial charge on any atom is -0.489 e. The number of nitrogens with zero attached hydrogens (tertiary/aromatic N) is 1. The van der Waals surface area contributed by atoms with Crippen LogP contribution in [0.3, 0.4) is 0 Å². The van der Waals surface area contributed by atoms with E-state index in [2.05, 4.69) is 18.0 Å². The maximum absolute atomic E-state index is 6.23. The minimum atomic E-state index is 0.148. The Labute approximate surface area is 114 Å². The summed E-state index contributed by atoms with van der Waals surface area (Å²) in [5.41, 5.74) is 8.07. The minimum absolute atomic E-state index is 0.148. The van der Waals surface area contributed by atoms with Gasteiger partial charge in [0, 0.05) is 18.8 Å². The molecule has 0 aliphatic carbocycles. The Morgan fingerprint density at radius 1 is 1.44 bits per heavy atom. The average Bonchev–Trinajstić information content (AvgIpc) is 2.84. The molecule has 1 fully saturated rings. The summed E-state index contributed by atoms with van der Waals surface area (Å²) >= 11 is 2.01. The molecule has 3 nitrogen and oxygen atoms in total. The van der Waals surface area contributed by atoms with Crippen molar-refractivity contribution in [2.75, 3.05) is 29.2 Å². The Morgan fingerprint density at radius 3 is 2.83 bits per heavy atom. The summed E-state index contributed by atoms with van der Waals surface area (Å²) in [7, 11) is 2.13. The van der Waals surface area contributed by atoms with Crippen LogP contribution in [-0.4, -0.2) is 30.7 Å². The number of para-hydroxylation sites is 1. The third kappa shape index (κ3) is 2.86. The zero-order chi connectivity index (χ0) is 13.1. The highest BCUT2D eigenvalue weighted by Gasteiger charge is 2.22. The smallest absolute Gasteiger partial charge is 0.144 e. The predicted octanol–water partition coefficient (Wildman–Crippen LogP) is 3.00. The quantitative estimate of drug-likeness (QED) is 0.850. The molecule has 1 aromatic carbocycles. The summed E-state index contributed by atoms with van der Waals surface area (Å²) in [6, 6.07) is 6.62. The molecule has 1 heterocycles. The standard InChI is InChI=1S/C14H22N2OS/c1-10(2)17-13-6-4-5-12(14(13)15)16(3)11-7-8-18-9-11/h4-6,10-11H,7-9,15H2,1-3H3. The topological polar surface area (TPSA) is 38.5 Å². The summed E-state index contributed by atoms with van der Waals surface area (Å²) < 4.78 is 5.74. The number of nitrogens with two attached hydrogens (primary N) is 1. The van der Waals surface area contributed by atoms with Gasteiger partial charge in [-0.15, -0.1) is 0 Å². The fourth-order valence-electron chi connectivity index (χ4n) is 2.22. The summed E-state index contributed by atoms with van der Waals surface area (Å²) in [5.74, 6) is 3.22. The Balaban J connectivity index is 2.21. The number of hydrogen-bond acceptors (Lipinski definition) is 4. The summed E-state index contributed by atoms with van der Waals surface area (Å²) in [6.07, 6.45) is 1.38. The third-order valence-corrected chi connectivity index (χ3v) is 4.38. The highest BCUT2D eigenvalue weighted by atomic mass is 32.2. The Hall–Kier alpha value is -1.03. The van der Waals surface area contributed by atoms with Gasteiger partial charge >= 0.3 is 0 Å². The molecular weight excluding hydrogens is 244 g/mol. The molecule has 2 N–H and O–H groups in total. The molecule has 18 heavy (non-hydrogen) atoms. The number of nitrogen functional groups attached to an aromatic ring is 1. The molecule has 1 aliphatic heterocycles. The molecule has 2 rings (SSSR count). The maximum atomic E-state index is 6.23. The zero-order valence-electron chi connectivity index (χ0n) is 11.3. The van der Waals surface area contributed by atoms with Gasteiger partial charge in [-0.3, -0.25) is 0 Å². The van der Waals surface area contributed by atoms with Crippen LogP contribution in [-0.2, 0) is 0 Å². The van der Waals surface area contributed by atoms with Gasteiger partial charge in [0.1, 0.15) is 5.75 Å². The fraction of sp³-hybridized carbons (Fsp3) is 0.571. The van der Waals surface area contributed by atoms with Gasteiger partial charge in [-0.2, -0.15) is 11.8 Å². The van der Waals surface area contributed by atoms with Gasteiger partial charge < -0.3 is 15.4 Å². The lowest BCUT2D eigenvalue weighted by atomic mass is 10.1. The molecule has 1 atom stereocenters. The summed E-state index contributed by atoms with van der Waals surface area (Å²) in [6.45, 7) is 4.03. The largest absolute Gasteiger partial charge is 0.489 e.